The molecule has 1 atom stereocenters. The summed E-state index contributed by atoms with van der Waals surface area (Å²) in [6.45, 7) is 5.10. The summed E-state index contributed by atoms with van der Waals surface area (Å²) in [6.07, 6.45) is 1.01. The molecule has 2 N–H and O–H groups in total. The number of phenols is 2. The smallest absolute Gasteiger partial charge is 0.874 e. The summed E-state index contributed by atoms with van der Waals surface area (Å²) in [5, 5.41) is 33.6. The molecule has 0 saturated heterocycles. The van der Waals surface area contributed by atoms with Crippen LogP contribution in [0.2, 0.25) is 0 Å². The van der Waals surface area contributed by atoms with E-state index in [1.807, 2.05) is 0 Å². The second-order valence-electron chi connectivity index (χ2n) is 6.32. The van der Waals surface area contributed by atoms with Crippen molar-refractivity contribution in [2.24, 2.45) is 0 Å². The zero-order valence-electron chi connectivity index (χ0n) is 15.0. The first-order valence-electron chi connectivity index (χ1n) is 7.50. The van der Waals surface area contributed by atoms with E-state index >= 15 is 0 Å². The maximum absolute atomic E-state index is 12.9. The number of Topliss-reactive ketones (excluding diaryl/α,β-unsaturated/α-hetero) is 2. The molecule has 7 nitrogen and oxygen atoms in total. The summed E-state index contributed by atoms with van der Waals surface area (Å²) in [7, 11) is 0. The number of carbonyl (C=O) groups is 3. The van der Waals surface area contributed by atoms with Gasteiger partial charge in [-0.2, -0.15) is 0 Å². The summed E-state index contributed by atoms with van der Waals surface area (Å²) in [5.41, 5.74) is -2.36. The summed E-state index contributed by atoms with van der Waals surface area (Å²) >= 11 is 0. The minimum atomic E-state index is -1.63. The van der Waals surface area contributed by atoms with E-state index in [4.69, 9.17) is 4.74 Å². The zero-order chi connectivity index (χ0) is 18.8. The van der Waals surface area contributed by atoms with Crippen molar-refractivity contribution in [2.75, 3.05) is 0 Å². The Kier molecular flexibility index (Phi) is 4.87. The third-order valence-electron chi connectivity index (χ3n) is 4.74. The summed E-state index contributed by atoms with van der Waals surface area (Å²) in [5.74, 6) is -3.97. The fraction of sp³-hybridized carbons (Fsp3) is 0.278. The van der Waals surface area contributed by atoms with Gasteiger partial charge in [0.15, 0.2) is 17.3 Å². The van der Waals surface area contributed by atoms with E-state index in [1.165, 1.54) is 20.8 Å². The minimum Gasteiger partial charge on any atom is -0.874 e. The Morgan fingerprint density at radius 2 is 1.73 bits per heavy atom. The van der Waals surface area contributed by atoms with Crippen molar-refractivity contribution in [3.63, 3.8) is 0 Å². The number of hydrogen-bond donors (Lipinski definition) is 2. The van der Waals surface area contributed by atoms with Gasteiger partial charge >= 0.3 is 29.6 Å². The van der Waals surface area contributed by atoms with Gasteiger partial charge in [-0.1, -0.05) is 5.76 Å². The zero-order valence-corrected chi connectivity index (χ0v) is 17.0. The fourth-order valence-electron chi connectivity index (χ4n) is 3.34. The molecule has 0 fully saturated rings. The van der Waals surface area contributed by atoms with E-state index in [0.29, 0.717) is 0 Å². The van der Waals surface area contributed by atoms with Gasteiger partial charge in [0.25, 0.3) is 0 Å². The number of carbonyl (C=O) groups excluding carboxylic acids is 3. The fourth-order valence-corrected chi connectivity index (χ4v) is 3.34. The summed E-state index contributed by atoms with van der Waals surface area (Å²) in [6, 6.07) is 0. The first-order chi connectivity index (χ1) is 11.5. The van der Waals surface area contributed by atoms with Gasteiger partial charge in [-0.3, -0.25) is 14.4 Å². The number of rotatable bonds is 2. The van der Waals surface area contributed by atoms with Gasteiger partial charge in [0, 0.05) is 11.6 Å². The number of allylic oxidation sites excluding steroid dienone is 2. The number of hydrogen-bond acceptors (Lipinski definition) is 7. The molecular weight excluding hydrogens is 351 g/mol. The van der Waals surface area contributed by atoms with Crippen LogP contribution in [0, 0.1) is 6.92 Å². The number of ether oxygens (including phenoxy) is 1. The molecule has 0 amide bonds. The Balaban J connectivity index is 0.00000243. The minimum absolute atomic E-state index is 0. The third kappa shape index (κ3) is 2.35. The van der Waals surface area contributed by atoms with Crippen molar-refractivity contribution in [1.82, 2.24) is 0 Å². The SMILES string of the molecule is CC(=O)C1=C([O-])C2(C)C(=CC1=O)Oc1c(C(C)=O)c(O)c(C)c(O)c12.[Na+]. The average Bonchev–Trinajstić information content (AvgIpc) is 2.78. The molecule has 2 aliphatic rings. The second kappa shape index (κ2) is 6.26. The van der Waals surface area contributed by atoms with E-state index in [-0.39, 0.29) is 57.8 Å². The Hall–Kier alpha value is -2.09. The molecule has 1 unspecified atom stereocenters. The Morgan fingerprint density at radius 1 is 1.15 bits per heavy atom. The quantitative estimate of drug-likeness (QED) is 0.350. The van der Waals surface area contributed by atoms with Crippen molar-refractivity contribution in [3.05, 3.63) is 39.9 Å². The van der Waals surface area contributed by atoms with Crippen LogP contribution in [0.15, 0.2) is 23.2 Å². The topological polar surface area (TPSA) is 124 Å². The van der Waals surface area contributed by atoms with Crippen LogP contribution >= 0.6 is 0 Å². The average molecular weight is 366 g/mol. The van der Waals surface area contributed by atoms with E-state index in [1.54, 1.807) is 0 Å². The molecule has 0 radical (unpaired) electrons. The standard InChI is InChI=1S/C18H16O7.Na/c1-6-14(22)12(8(3)20)16-13(15(6)23)18(4)10(25-16)5-9(21)11(7(2)19)17(18)24;/h5,22-24H,1-4H3;/q;+1/p-1. The molecule has 130 valence electrons. The molecule has 1 aliphatic carbocycles. The van der Waals surface area contributed by atoms with Crippen molar-refractivity contribution in [3.8, 4) is 17.2 Å². The first-order valence-corrected chi connectivity index (χ1v) is 7.50. The first kappa shape index (κ1) is 20.2. The monoisotopic (exact) mass is 366 g/mol. The molecule has 0 spiro atoms. The van der Waals surface area contributed by atoms with Crippen LogP contribution in [0.4, 0.5) is 0 Å². The van der Waals surface area contributed by atoms with E-state index in [2.05, 4.69) is 0 Å². The summed E-state index contributed by atoms with van der Waals surface area (Å²) < 4.78 is 5.55. The Morgan fingerprint density at radius 3 is 2.23 bits per heavy atom. The third-order valence-corrected chi connectivity index (χ3v) is 4.74. The number of benzene rings is 1. The van der Waals surface area contributed by atoms with Crippen molar-refractivity contribution < 1.29 is 64.0 Å². The second-order valence-corrected chi connectivity index (χ2v) is 6.32. The van der Waals surface area contributed by atoms with Crippen LogP contribution in [-0.2, 0) is 15.0 Å². The van der Waals surface area contributed by atoms with Gasteiger partial charge in [0.2, 0.25) is 0 Å². The van der Waals surface area contributed by atoms with Crippen molar-refractivity contribution in [2.45, 2.75) is 33.1 Å². The molecular formula is C18H15NaO7. The van der Waals surface area contributed by atoms with Crippen molar-refractivity contribution in [1.29, 1.82) is 0 Å². The van der Waals surface area contributed by atoms with Gasteiger partial charge in [-0.05, 0) is 27.7 Å². The number of aromatic hydroxyl groups is 2. The van der Waals surface area contributed by atoms with Crippen LogP contribution in [-0.4, -0.2) is 27.6 Å². The molecule has 0 saturated carbocycles. The van der Waals surface area contributed by atoms with Crippen LogP contribution in [0.5, 0.6) is 17.2 Å². The molecule has 3 rings (SSSR count). The molecule has 1 aliphatic heterocycles. The van der Waals surface area contributed by atoms with Gasteiger partial charge in [-0.25, -0.2) is 0 Å². The van der Waals surface area contributed by atoms with Crippen LogP contribution in [0.3, 0.4) is 0 Å². The predicted molar refractivity (Wildman–Crippen MR) is 83.3 cm³/mol. The van der Waals surface area contributed by atoms with Crippen molar-refractivity contribution >= 4 is 17.3 Å². The van der Waals surface area contributed by atoms with Crippen LogP contribution in [0.25, 0.3) is 0 Å². The maximum atomic E-state index is 12.9. The molecule has 8 heteroatoms. The molecule has 0 aromatic heterocycles. The van der Waals surface area contributed by atoms with Crippen LogP contribution in [0.1, 0.15) is 42.3 Å². The molecule has 1 aromatic rings. The number of fused-ring (bicyclic) bond motifs is 3. The molecule has 1 aromatic carbocycles. The normalized spacial score (nSPS) is 20.6. The molecule has 1 heterocycles. The van der Waals surface area contributed by atoms with Gasteiger partial charge in [0.05, 0.1) is 16.6 Å². The van der Waals surface area contributed by atoms with E-state index in [0.717, 1.165) is 13.0 Å². The largest absolute Gasteiger partial charge is 1.00 e. The van der Waals surface area contributed by atoms with Gasteiger partial charge in [0.1, 0.15) is 28.6 Å². The number of ketones is 3. The van der Waals surface area contributed by atoms with Gasteiger partial charge < -0.3 is 20.1 Å². The molecule has 0 bridgehead atoms. The van der Waals surface area contributed by atoms with Crippen LogP contribution < -0.4 is 39.4 Å². The maximum Gasteiger partial charge on any atom is 1.00 e. The van der Waals surface area contributed by atoms with E-state index < -0.39 is 45.6 Å². The Labute approximate surface area is 171 Å². The summed E-state index contributed by atoms with van der Waals surface area (Å²) in [4.78, 5) is 35.8. The van der Waals surface area contributed by atoms with Gasteiger partial charge in [-0.15, -0.1) is 0 Å². The predicted octanol–water partition coefficient (Wildman–Crippen LogP) is -2.07. The Bertz CT molecular complexity index is 955. The van der Waals surface area contributed by atoms with E-state index in [9.17, 15) is 29.7 Å². The molecule has 26 heavy (non-hydrogen) atoms. The number of phenolic OH excluding ortho intramolecular Hbond substituents is 2.